The lowest BCUT2D eigenvalue weighted by atomic mass is 10.2. The maximum Gasteiger partial charge on any atom is 0.241 e. The molecule has 0 saturated carbocycles. The molecule has 340 valence electrons. The molecule has 72 heavy (non-hydrogen) atoms. The minimum absolute atomic E-state index is 0.493. The molecule has 3 aromatic heterocycles. The average molecular weight is 955 g/mol. The van der Waals surface area contributed by atoms with Crippen LogP contribution in [0.2, 0.25) is 0 Å². The predicted octanol–water partition coefficient (Wildman–Crippen LogP) is 8.71. The molecule has 0 saturated heterocycles. The molecule has 8 heteroatoms. The summed E-state index contributed by atoms with van der Waals surface area (Å²) in [5, 5.41) is 10.4. The molecule has 3 heterocycles. The van der Waals surface area contributed by atoms with Gasteiger partial charge in [-0.05, 0) is 65.8 Å². The van der Waals surface area contributed by atoms with Crippen molar-refractivity contribution in [3.8, 4) is 28.7 Å². The molecule has 0 atom stereocenters. The first-order chi connectivity index (χ1) is 35.7. The Morgan fingerprint density at radius 2 is 0.556 bits per heavy atom. The van der Waals surface area contributed by atoms with Crippen molar-refractivity contribution in [2.75, 3.05) is 0 Å². The number of fused-ring (bicyclic) bond motifs is 5. The molecule has 0 spiro atoms. The van der Waals surface area contributed by atoms with Gasteiger partial charge in [0.15, 0.2) is 27.8 Å². The van der Waals surface area contributed by atoms with Crippen LogP contribution < -0.4 is 41.5 Å². The first kappa shape index (κ1) is 43.0. The smallest absolute Gasteiger partial charge is 0.241 e. The van der Waals surface area contributed by atoms with Gasteiger partial charge in [0, 0.05) is 11.1 Å². The third kappa shape index (κ3) is 6.99. The fraction of sp³-hybridized carbons (Fsp3) is 0. The number of hydrogen-bond donors (Lipinski definition) is 0. The number of nitrogens with zero attached hydrogens (tertiary/aromatic N) is 6. The minimum Gasteiger partial charge on any atom is -0.276 e. The van der Waals surface area contributed by atoms with Crippen LogP contribution in [0.15, 0.2) is 279 Å². The van der Waals surface area contributed by atoms with E-state index in [1.54, 1.807) is 0 Å². The minimum atomic E-state index is -2.78. The molecular weight excluding hydrogens is 909 g/mol. The van der Waals surface area contributed by atoms with Crippen molar-refractivity contribution in [3.63, 3.8) is 0 Å². The highest BCUT2D eigenvalue weighted by atomic mass is 28.3. The lowest BCUT2D eigenvalue weighted by Gasteiger charge is -2.34. The van der Waals surface area contributed by atoms with Crippen molar-refractivity contribution in [1.29, 1.82) is 0 Å². The normalized spacial score (nSPS) is 11.9. The highest BCUT2D eigenvalue weighted by Gasteiger charge is 2.42. The average Bonchev–Trinajstić information content (AvgIpc) is 4.00. The molecule has 0 aliphatic heterocycles. The second kappa shape index (κ2) is 18.0. The van der Waals surface area contributed by atoms with E-state index < -0.39 is 16.1 Å². The largest absolute Gasteiger partial charge is 0.276 e. The summed E-state index contributed by atoms with van der Waals surface area (Å²) in [5.74, 6) is 2.38. The summed E-state index contributed by atoms with van der Waals surface area (Å²) in [4.78, 5) is 21.4. The van der Waals surface area contributed by atoms with Crippen molar-refractivity contribution in [3.05, 3.63) is 279 Å². The Hall–Kier alpha value is -9.09. The molecular formula is C64H46N6Si2. The van der Waals surface area contributed by atoms with Gasteiger partial charge in [0.25, 0.3) is 0 Å². The van der Waals surface area contributed by atoms with Crippen LogP contribution >= 0.6 is 0 Å². The molecule has 0 aliphatic carbocycles. The number of rotatable bonds is 11. The van der Waals surface area contributed by atoms with Crippen molar-refractivity contribution >= 4 is 85.5 Å². The monoisotopic (exact) mass is 954 g/mol. The summed E-state index contributed by atoms with van der Waals surface area (Å²) in [7, 11) is -5.56. The standard InChI is InChI=1S/C64H46N6Si2/c1-7-23-49(24-8-1)71(50-25-9-2-10-26-50,51-27-11-3-12-28-51)55-43-39-47(40-44-55)61-66-62(68-63(67-61)70-60-38-22-21-37-59(60)69-58-36-20-19-35-57(58)65-64(69)70)48-41-45-56(46-42-48)72(52-29-13-4-14-30-52,53-31-15-5-16-32-53)54-33-17-6-18-34-54/h1-46H. The molecule has 13 rings (SSSR count). The number of aromatic nitrogens is 6. The molecule has 0 radical (unpaired) electrons. The quantitative estimate of drug-likeness (QED) is 0.0963. The number of para-hydroxylation sites is 4. The van der Waals surface area contributed by atoms with Crippen LogP contribution in [0.3, 0.4) is 0 Å². The number of hydrogen-bond acceptors (Lipinski definition) is 4. The van der Waals surface area contributed by atoms with Gasteiger partial charge in [-0.15, -0.1) is 0 Å². The highest BCUT2D eigenvalue weighted by molar-refractivity contribution is 7.20. The van der Waals surface area contributed by atoms with Crippen LogP contribution in [0.5, 0.6) is 0 Å². The van der Waals surface area contributed by atoms with Crippen LogP contribution in [0, 0.1) is 0 Å². The molecule has 0 aliphatic rings. The van der Waals surface area contributed by atoms with Gasteiger partial charge >= 0.3 is 0 Å². The third-order valence-electron chi connectivity index (χ3n) is 14.3. The Balaban J connectivity index is 1.02. The van der Waals surface area contributed by atoms with Gasteiger partial charge in [-0.3, -0.25) is 4.40 Å². The first-order valence-corrected chi connectivity index (χ1v) is 28.4. The molecule has 0 N–H and O–H groups in total. The van der Waals surface area contributed by atoms with Crippen molar-refractivity contribution in [2.45, 2.75) is 0 Å². The van der Waals surface area contributed by atoms with Gasteiger partial charge in [-0.1, -0.05) is 255 Å². The Labute approximate surface area is 419 Å². The lowest BCUT2D eigenvalue weighted by molar-refractivity contribution is 0.937. The van der Waals surface area contributed by atoms with E-state index in [-0.39, 0.29) is 0 Å². The summed E-state index contributed by atoms with van der Waals surface area (Å²) in [6, 6.07) is 101. The molecule has 0 fully saturated rings. The number of imidazole rings is 2. The summed E-state index contributed by atoms with van der Waals surface area (Å²) in [5.41, 5.74) is 5.68. The van der Waals surface area contributed by atoms with Crippen molar-refractivity contribution in [1.82, 2.24) is 28.9 Å². The van der Waals surface area contributed by atoms with Gasteiger partial charge in [0.05, 0.1) is 22.1 Å². The Bertz CT molecular complexity index is 3620. The lowest BCUT2D eigenvalue weighted by Crippen LogP contribution is -2.74. The fourth-order valence-corrected chi connectivity index (χ4v) is 20.6. The van der Waals surface area contributed by atoms with Gasteiger partial charge in [0.1, 0.15) is 0 Å². The van der Waals surface area contributed by atoms with Gasteiger partial charge < -0.3 is 0 Å². The van der Waals surface area contributed by atoms with E-state index >= 15 is 0 Å². The van der Waals surface area contributed by atoms with Gasteiger partial charge in [-0.2, -0.15) is 9.97 Å². The van der Waals surface area contributed by atoms with Crippen molar-refractivity contribution < 1.29 is 0 Å². The zero-order valence-electron chi connectivity index (χ0n) is 39.2. The van der Waals surface area contributed by atoms with E-state index in [1.165, 1.54) is 41.5 Å². The maximum absolute atomic E-state index is 5.39. The Morgan fingerprint density at radius 3 is 0.931 bits per heavy atom. The van der Waals surface area contributed by atoms with E-state index in [9.17, 15) is 0 Å². The summed E-state index contributed by atoms with van der Waals surface area (Å²) < 4.78 is 4.29. The zero-order valence-corrected chi connectivity index (χ0v) is 41.2. The van der Waals surface area contributed by atoms with Crippen LogP contribution in [0.25, 0.3) is 56.6 Å². The van der Waals surface area contributed by atoms with E-state index in [0.29, 0.717) is 17.6 Å². The second-order valence-corrected chi connectivity index (χ2v) is 25.8. The van der Waals surface area contributed by atoms with E-state index in [4.69, 9.17) is 19.9 Å². The van der Waals surface area contributed by atoms with Crippen molar-refractivity contribution in [2.24, 2.45) is 0 Å². The molecule has 6 nitrogen and oxygen atoms in total. The Kier molecular flexibility index (Phi) is 10.8. The number of benzene rings is 10. The molecule has 10 aromatic carbocycles. The topological polar surface area (TPSA) is 60.9 Å². The van der Waals surface area contributed by atoms with Gasteiger partial charge in [-0.25, -0.2) is 14.5 Å². The van der Waals surface area contributed by atoms with Gasteiger partial charge in [0.2, 0.25) is 11.7 Å². The molecule has 0 unspecified atom stereocenters. The first-order valence-electron chi connectivity index (χ1n) is 24.4. The molecule has 0 amide bonds. The van der Waals surface area contributed by atoms with Crippen LogP contribution in [-0.4, -0.2) is 45.1 Å². The maximum atomic E-state index is 5.39. The SMILES string of the molecule is c1ccc([Si](c2ccccc2)(c2ccccc2)c2ccc(-c3nc(-c4ccc([Si](c5ccccc5)(c5ccccc5)c5ccccc5)cc4)nc(-n4c5ccccc5n5c6ccccc6nc45)n3)cc2)cc1. The molecule has 0 bridgehead atoms. The summed E-state index contributed by atoms with van der Waals surface area (Å²) >= 11 is 0. The zero-order chi connectivity index (χ0) is 47.9. The van der Waals surface area contributed by atoms with Crippen LogP contribution in [0.4, 0.5) is 0 Å². The second-order valence-electron chi connectivity index (χ2n) is 18.2. The summed E-state index contributed by atoms with van der Waals surface area (Å²) in [6.07, 6.45) is 0. The highest BCUT2D eigenvalue weighted by Crippen LogP contribution is 2.30. The third-order valence-corrected chi connectivity index (χ3v) is 23.9. The van der Waals surface area contributed by atoms with E-state index in [2.05, 4.69) is 282 Å². The van der Waals surface area contributed by atoms with E-state index in [1.807, 2.05) is 6.07 Å². The summed E-state index contributed by atoms with van der Waals surface area (Å²) in [6.45, 7) is 0. The Morgan fingerprint density at radius 1 is 0.250 bits per heavy atom. The fourth-order valence-electron chi connectivity index (χ4n) is 11.1. The molecule has 13 aromatic rings. The van der Waals surface area contributed by atoms with Crippen LogP contribution in [0.1, 0.15) is 0 Å². The van der Waals surface area contributed by atoms with Crippen LogP contribution in [-0.2, 0) is 0 Å². The predicted molar refractivity (Wildman–Crippen MR) is 301 cm³/mol. The van der Waals surface area contributed by atoms with E-state index in [0.717, 1.165) is 39.0 Å².